The summed E-state index contributed by atoms with van der Waals surface area (Å²) >= 11 is 0. The Morgan fingerprint density at radius 1 is 1.07 bits per heavy atom. The first-order chi connectivity index (χ1) is 13.2. The van der Waals surface area contributed by atoms with Crippen LogP contribution in [0.15, 0.2) is 4.99 Å². The summed E-state index contributed by atoms with van der Waals surface area (Å²) in [5.74, 6) is 0.454. The fourth-order valence-electron chi connectivity index (χ4n) is 2.28. The third-order valence-electron chi connectivity index (χ3n) is 3.78. The monoisotopic (exact) mass is 400 g/mol. The number of alkyl carbamates (subject to hydrolysis) is 1. The minimum atomic E-state index is -0.530. The zero-order valence-electron chi connectivity index (χ0n) is 17.8. The van der Waals surface area contributed by atoms with E-state index in [1.165, 1.54) is 4.90 Å². The Morgan fingerprint density at radius 2 is 1.68 bits per heavy atom. The summed E-state index contributed by atoms with van der Waals surface area (Å²) in [6.07, 6.45) is -0.462. The van der Waals surface area contributed by atoms with Gasteiger partial charge in [-0.05, 0) is 20.8 Å². The highest BCUT2D eigenvalue weighted by Crippen LogP contribution is 2.05. The van der Waals surface area contributed by atoms with Crippen molar-refractivity contribution in [1.29, 1.82) is 0 Å². The first-order valence-corrected chi connectivity index (χ1v) is 9.66. The van der Waals surface area contributed by atoms with Gasteiger partial charge in [0.15, 0.2) is 5.96 Å². The highest BCUT2D eigenvalue weighted by molar-refractivity contribution is 5.84. The van der Waals surface area contributed by atoms with Gasteiger partial charge >= 0.3 is 6.09 Å². The third kappa shape index (κ3) is 11.6. The summed E-state index contributed by atoms with van der Waals surface area (Å²) in [5, 5.41) is 9.04. The summed E-state index contributed by atoms with van der Waals surface area (Å²) in [5.41, 5.74) is -0.530. The largest absolute Gasteiger partial charge is 0.444 e. The number of amides is 2. The molecule has 0 aromatic heterocycles. The summed E-state index contributed by atoms with van der Waals surface area (Å²) in [6, 6.07) is 0. The maximum absolute atomic E-state index is 11.8. The van der Waals surface area contributed by atoms with E-state index >= 15 is 0 Å². The van der Waals surface area contributed by atoms with Crippen LogP contribution in [0.25, 0.3) is 0 Å². The average Bonchev–Trinajstić information content (AvgIpc) is 2.61. The average molecular weight is 401 g/mol. The van der Waals surface area contributed by atoms with E-state index in [0.717, 1.165) is 32.8 Å². The van der Waals surface area contributed by atoms with E-state index < -0.39 is 11.7 Å². The van der Waals surface area contributed by atoms with Crippen molar-refractivity contribution in [1.82, 2.24) is 25.8 Å². The number of ether oxygens (including phenoxy) is 2. The lowest BCUT2D eigenvalue weighted by Gasteiger charge is -2.26. The topological polar surface area (TPSA) is 108 Å². The molecule has 0 aromatic rings. The van der Waals surface area contributed by atoms with Crippen molar-refractivity contribution >= 4 is 18.0 Å². The van der Waals surface area contributed by atoms with Gasteiger partial charge in [0.25, 0.3) is 0 Å². The molecule has 0 unspecified atom stereocenters. The van der Waals surface area contributed by atoms with E-state index in [1.807, 2.05) is 20.8 Å². The standard InChI is InChI=1S/C18H36N6O4/c1-18(2,3)28-17(26)21-7-6-19-16(22-14-15(25)23(4)5)20-8-9-24-10-12-27-13-11-24/h6-14H2,1-5H3,(H,21,26)(H2,19,20,22). The zero-order valence-corrected chi connectivity index (χ0v) is 17.8. The lowest BCUT2D eigenvalue weighted by molar-refractivity contribution is -0.127. The molecule has 1 heterocycles. The maximum Gasteiger partial charge on any atom is 0.407 e. The van der Waals surface area contributed by atoms with Gasteiger partial charge in [-0.2, -0.15) is 0 Å². The number of nitrogens with zero attached hydrogens (tertiary/aromatic N) is 3. The minimum Gasteiger partial charge on any atom is -0.444 e. The molecule has 28 heavy (non-hydrogen) atoms. The molecule has 1 fully saturated rings. The number of hydrogen-bond donors (Lipinski definition) is 3. The van der Waals surface area contributed by atoms with Crippen LogP contribution in [-0.4, -0.2) is 106 Å². The van der Waals surface area contributed by atoms with Gasteiger partial charge in [0.05, 0.1) is 13.2 Å². The Bertz CT molecular complexity index is 513. The molecule has 0 atom stereocenters. The van der Waals surface area contributed by atoms with E-state index in [0.29, 0.717) is 25.6 Å². The molecule has 0 aliphatic carbocycles. The fraction of sp³-hybridized carbons (Fsp3) is 0.833. The molecule has 1 aliphatic heterocycles. The Balaban J connectivity index is 2.40. The molecule has 3 N–H and O–H groups in total. The van der Waals surface area contributed by atoms with Crippen molar-refractivity contribution in [2.75, 3.05) is 73.1 Å². The van der Waals surface area contributed by atoms with Crippen LogP contribution < -0.4 is 16.0 Å². The van der Waals surface area contributed by atoms with Crippen LogP contribution in [0.1, 0.15) is 20.8 Å². The second-order valence-electron chi connectivity index (χ2n) is 7.69. The van der Waals surface area contributed by atoms with Gasteiger partial charge in [0.2, 0.25) is 5.91 Å². The normalized spacial score (nSPS) is 15.7. The van der Waals surface area contributed by atoms with Gasteiger partial charge in [-0.1, -0.05) is 0 Å². The zero-order chi connectivity index (χ0) is 21.0. The molecule has 0 bridgehead atoms. The van der Waals surface area contributed by atoms with E-state index in [4.69, 9.17) is 9.47 Å². The summed E-state index contributed by atoms with van der Waals surface area (Å²) in [7, 11) is 3.39. The Labute approximate surface area is 168 Å². The quantitative estimate of drug-likeness (QED) is 0.285. The molecule has 10 heteroatoms. The van der Waals surface area contributed by atoms with Crippen LogP contribution in [0.3, 0.4) is 0 Å². The van der Waals surface area contributed by atoms with E-state index in [2.05, 4.69) is 25.8 Å². The number of nitrogens with one attached hydrogen (secondary N) is 3. The van der Waals surface area contributed by atoms with Crippen LogP contribution >= 0.6 is 0 Å². The highest BCUT2D eigenvalue weighted by atomic mass is 16.6. The van der Waals surface area contributed by atoms with Crippen molar-refractivity contribution in [3.05, 3.63) is 0 Å². The molecule has 1 saturated heterocycles. The van der Waals surface area contributed by atoms with E-state index in [9.17, 15) is 9.59 Å². The number of aliphatic imine (C=N–C) groups is 1. The van der Waals surface area contributed by atoms with Crippen LogP contribution in [-0.2, 0) is 14.3 Å². The second kappa shape index (κ2) is 12.4. The number of guanidine groups is 1. The fourth-order valence-corrected chi connectivity index (χ4v) is 2.28. The van der Waals surface area contributed by atoms with E-state index in [-0.39, 0.29) is 12.5 Å². The van der Waals surface area contributed by atoms with Gasteiger partial charge < -0.3 is 30.3 Å². The van der Waals surface area contributed by atoms with Crippen molar-refractivity contribution in [3.63, 3.8) is 0 Å². The van der Waals surface area contributed by atoms with Crippen LogP contribution in [0.2, 0.25) is 0 Å². The summed E-state index contributed by atoms with van der Waals surface area (Å²) < 4.78 is 10.5. The Morgan fingerprint density at radius 3 is 2.29 bits per heavy atom. The smallest absolute Gasteiger partial charge is 0.407 e. The third-order valence-corrected chi connectivity index (χ3v) is 3.78. The molecular weight excluding hydrogens is 364 g/mol. The molecule has 10 nitrogen and oxygen atoms in total. The first kappa shape index (κ1) is 24.0. The molecule has 1 rings (SSSR count). The number of carbonyl (C=O) groups excluding carboxylic acids is 2. The molecule has 0 aromatic carbocycles. The lowest BCUT2D eigenvalue weighted by Crippen LogP contribution is -2.46. The predicted octanol–water partition coefficient (Wildman–Crippen LogP) is -0.533. The minimum absolute atomic E-state index is 0.0549. The molecule has 2 amide bonds. The van der Waals surface area contributed by atoms with Crippen molar-refractivity contribution in [2.24, 2.45) is 4.99 Å². The van der Waals surface area contributed by atoms with Gasteiger partial charge in [0, 0.05) is 53.4 Å². The molecule has 1 aliphatic rings. The van der Waals surface area contributed by atoms with Gasteiger partial charge in [-0.25, -0.2) is 9.79 Å². The Kier molecular flexibility index (Phi) is 10.6. The van der Waals surface area contributed by atoms with Crippen molar-refractivity contribution in [3.8, 4) is 0 Å². The van der Waals surface area contributed by atoms with Crippen LogP contribution in [0.4, 0.5) is 4.79 Å². The highest BCUT2D eigenvalue weighted by Gasteiger charge is 2.15. The molecular formula is C18H36N6O4. The van der Waals surface area contributed by atoms with Gasteiger partial charge in [-0.15, -0.1) is 0 Å². The van der Waals surface area contributed by atoms with Crippen molar-refractivity contribution in [2.45, 2.75) is 26.4 Å². The summed E-state index contributed by atoms with van der Waals surface area (Å²) in [4.78, 5) is 31.6. The number of likely N-dealkylation sites (N-methyl/N-ethyl adjacent to an activating group) is 1. The van der Waals surface area contributed by atoms with Crippen LogP contribution in [0.5, 0.6) is 0 Å². The molecule has 0 saturated carbocycles. The molecule has 0 radical (unpaired) electrons. The lowest BCUT2D eigenvalue weighted by atomic mass is 10.2. The van der Waals surface area contributed by atoms with Gasteiger partial charge in [-0.3, -0.25) is 9.69 Å². The number of carbonyl (C=O) groups is 2. The molecule has 162 valence electrons. The second-order valence-corrected chi connectivity index (χ2v) is 7.69. The Hall–Kier alpha value is -2.07. The number of hydrogen-bond acceptors (Lipinski definition) is 6. The number of rotatable bonds is 8. The van der Waals surface area contributed by atoms with Crippen molar-refractivity contribution < 1.29 is 19.1 Å². The maximum atomic E-state index is 11.8. The molecule has 0 spiro atoms. The summed E-state index contributed by atoms with van der Waals surface area (Å²) in [6.45, 7) is 11.2. The SMILES string of the molecule is CN(C)C(=O)CN=C(NCCNC(=O)OC(C)(C)C)NCCN1CCOCC1. The van der Waals surface area contributed by atoms with Crippen LogP contribution in [0, 0.1) is 0 Å². The van der Waals surface area contributed by atoms with E-state index in [1.54, 1.807) is 14.1 Å². The predicted molar refractivity (Wildman–Crippen MR) is 108 cm³/mol. The van der Waals surface area contributed by atoms with Gasteiger partial charge in [0.1, 0.15) is 12.1 Å². The first-order valence-electron chi connectivity index (χ1n) is 9.66. The number of morpholine rings is 1.